The number of benzene rings is 1. The molecule has 1 aromatic carbocycles. The highest BCUT2D eigenvalue weighted by Crippen LogP contribution is 2.19. The molecule has 0 amide bonds. The van der Waals surface area contributed by atoms with Crippen molar-refractivity contribution >= 4 is 14.1 Å². The van der Waals surface area contributed by atoms with E-state index in [0.29, 0.717) is 0 Å². The van der Waals surface area contributed by atoms with E-state index in [9.17, 15) is 0 Å². The second-order valence-electron chi connectivity index (χ2n) is 5.15. The normalized spacial score (nSPS) is 11.2. The molecule has 0 aliphatic heterocycles. The molecule has 1 heterocycles. The Balaban J connectivity index is 2.29. The number of aromatic nitrogens is 1. The van der Waals surface area contributed by atoms with Crippen molar-refractivity contribution in [1.29, 1.82) is 0 Å². The van der Waals surface area contributed by atoms with Crippen LogP contribution in [0.15, 0.2) is 48.5 Å². The smallest absolute Gasteiger partial charge is 0.145 e. The Labute approximate surface area is 104 Å². The molecule has 0 unspecified atom stereocenters. The van der Waals surface area contributed by atoms with Crippen LogP contribution in [0, 0.1) is 0 Å². The maximum absolute atomic E-state index is 4.65. The van der Waals surface area contributed by atoms with Gasteiger partial charge in [0.2, 0.25) is 0 Å². The van der Waals surface area contributed by atoms with E-state index in [1.54, 1.807) is 0 Å². The predicted octanol–water partition coefficient (Wildman–Crippen LogP) is 4.00. The minimum absolute atomic E-state index is 0.977. The SMILES string of the molecule is C[Si](C)(C)Nc1cccc(-c2ccccc2)n1. The highest BCUT2D eigenvalue weighted by molar-refractivity contribution is 6.79. The van der Waals surface area contributed by atoms with E-state index in [-0.39, 0.29) is 0 Å². The van der Waals surface area contributed by atoms with Gasteiger partial charge in [0.15, 0.2) is 0 Å². The van der Waals surface area contributed by atoms with Gasteiger partial charge in [-0.1, -0.05) is 56.0 Å². The number of anilines is 1. The molecule has 0 aliphatic rings. The van der Waals surface area contributed by atoms with Crippen LogP contribution in [0.3, 0.4) is 0 Å². The van der Waals surface area contributed by atoms with Crippen molar-refractivity contribution in [3.63, 3.8) is 0 Å². The molecule has 0 atom stereocenters. The van der Waals surface area contributed by atoms with Gasteiger partial charge in [-0.25, -0.2) is 4.98 Å². The first-order valence-electron chi connectivity index (χ1n) is 5.85. The molecule has 1 N–H and O–H groups in total. The van der Waals surface area contributed by atoms with Crippen LogP contribution in [0.25, 0.3) is 11.3 Å². The molecular formula is C14H18N2Si. The number of rotatable bonds is 3. The Morgan fingerprint density at radius 3 is 2.24 bits per heavy atom. The topological polar surface area (TPSA) is 24.9 Å². The largest absolute Gasteiger partial charge is 0.396 e. The average molecular weight is 242 g/mol. The van der Waals surface area contributed by atoms with Crippen LogP contribution in [0.4, 0.5) is 5.82 Å². The van der Waals surface area contributed by atoms with Crippen LogP contribution in [0.2, 0.25) is 19.6 Å². The van der Waals surface area contributed by atoms with E-state index in [0.717, 1.165) is 17.1 Å². The molecular weight excluding hydrogens is 224 g/mol. The van der Waals surface area contributed by atoms with E-state index < -0.39 is 8.24 Å². The summed E-state index contributed by atoms with van der Waals surface area (Å²) in [5.74, 6) is 0.977. The summed E-state index contributed by atoms with van der Waals surface area (Å²) in [5.41, 5.74) is 2.18. The summed E-state index contributed by atoms with van der Waals surface area (Å²) < 4.78 is 0. The summed E-state index contributed by atoms with van der Waals surface area (Å²) in [5, 5.41) is 0. The molecule has 0 saturated heterocycles. The van der Waals surface area contributed by atoms with Crippen molar-refractivity contribution in [3.05, 3.63) is 48.5 Å². The third kappa shape index (κ3) is 3.43. The van der Waals surface area contributed by atoms with Crippen LogP contribution in [0.1, 0.15) is 0 Å². The molecule has 17 heavy (non-hydrogen) atoms. The first kappa shape index (κ1) is 11.9. The molecule has 2 nitrogen and oxygen atoms in total. The molecule has 0 bridgehead atoms. The number of nitrogens with zero attached hydrogens (tertiary/aromatic N) is 1. The van der Waals surface area contributed by atoms with Crippen LogP contribution in [0.5, 0.6) is 0 Å². The fraction of sp³-hybridized carbons (Fsp3) is 0.214. The van der Waals surface area contributed by atoms with Crippen molar-refractivity contribution in [1.82, 2.24) is 4.98 Å². The Kier molecular flexibility index (Phi) is 3.29. The van der Waals surface area contributed by atoms with Gasteiger partial charge in [0, 0.05) is 5.56 Å². The summed E-state index contributed by atoms with van der Waals surface area (Å²) in [6, 6.07) is 16.4. The van der Waals surface area contributed by atoms with Crippen molar-refractivity contribution < 1.29 is 0 Å². The summed E-state index contributed by atoms with van der Waals surface area (Å²) >= 11 is 0. The average Bonchev–Trinajstić information content (AvgIpc) is 2.28. The highest BCUT2D eigenvalue weighted by atomic mass is 28.3. The lowest BCUT2D eigenvalue weighted by Crippen LogP contribution is -2.32. The van der Waals surface area contributed by atoms with Crippen LogP contribution in [-0.4, -0.2) is 13.2 Å². The van der Waals surface area contributed by atoms with Crippen LogP contribution < -0.4 is 4.98 Å². The summed E-state index contributed by atoms with van der Waals surface area (Å²) in [4.78, 5) is 8.17. The van der Waals surface area contributed by atoms with E-state index in [1.807, 2.05) is 30.3 Å². The fourth-order valence-electron chi connectivity index (χ4n) is 1.66. The first-order valence-corrected chi connectivity index (χ1v) is 9.35. The minimum Gasteiger partial charge on any atom is -0.396 e. The predicted molar refractivity (Wildman–Crippen MR) is 76.6 cm³/mol. The first-order chi connectivity index (χ1) is 8.04. The Morgan fingerprint density at radius 1 is 0.882 bits per heavy atom. The Bertz CT molecular complexity index is 489. The summed E-state index contributed by atoms with van der Waals surface area (Å²) in [6.45, 7) is 6.80. The van der Waals surface area contributed by atoms with Gasteiger partial charge in [-0.05, 0) is 12.1 Å². The molecule has 88 valence electrons. The highest BCUT2D eigenvalue weighted by Gasteiger charge is 2.13. The number of hydrogen-bond donors (Lipinski definition) is 1. The summed E-state index contributed by atoms with van der Waals surface area (Å²) in [6.07, 6.45) is 0. The number of nitrogens with one attached hydrogen (secondary N) is 1. The molecule has 1 aromatic heterocycles. The lowest BCUT2D eigenvalue weighted by atomic mass is 10.1. The zero-order valence-electron chi connectivity index (χ0n) is 10.6. The molecule has 0 saturated carbocycles. The Morgan fingerprint density at radius 2 is 1.59 bits per heavy atom. The van der Waals surface area contributed by atoms with E-state index in [1.165, 1.54) is 0 Å². The van der Waals surface area contributed by atoms with Crippen molar-refractivity contribution in [3.8, 4) is 11.3 Å². The van der Waals surface area contributed by atoms with E-state index >= 15 is 0 Å². The van der Waals surface area contributed by atoms with Crippen LogP contribution >= 0.6 is 0 Å². The van der Waals surface area contributed by atoms with Gasteiger partial charge < -0.3 is 4.98 Å². The second kappa shape index (κ2) is 4.71. The van der Waals surface area contributed by atoms with Gasteiger partial charge in [0.05, 0.1) is 5.69 Å². The van der Waals surface area contributed by atoms with Crippen molar-refractivity contribution in [2.75, 3.05) is 4.98 Å². The second-order valence-corrected chi connectivity index (χ2v) is 9.90. The van der Waals surface area contributed by atoms with Gasteiger partial charge in [-0.15, -0.1) is 0 Å². The van der Waals surface area contributed by atoms with Crippen molar-refractivity contribution in [2.24, 2.45) is 0 Å². The number of hydrogen-bond acceptors (Lipinski definition) is 2. The molecule has 3 heteroatoms. The zero-order valence-corrected chi connectivity index (χ0v) is 11.6. The van der Waals surface area contributed by atoms with E-state index in [4.69, 9.17) is 0 Å². The molecule has 0 fully saturated rings. The third-order valence-electron chi connectivity index (χ3n) is 2.32. The quantitative estimate of drug-likeness (QED) is 0.823. The van der Waals surface area contributed by atoms with Gasteiger partial charge in [-0.3, -0.25) is 0 Å². The molecule has 0 spiro atoms. The monoisotopic (exact) mass is 242 g/mol. The minimum atomic E-state index is -1.33. The van der Waals surface area contributed by atoms with Gasteiger partial charge >= 0.3 is 0 Å². The maximum atomic E-state index is 4.65. The van der Waals surface area contributed by atoms with Crippen molar-refractivity contribution in [2.45, 2.75) is 19.6 Å². The maximum Gasteiger partial charge on any atom is 0.145 e. The Hall–Kier alpha value is -1.61. The lowest BCUT2D eigenvalue weighted by molar-refractivity contribution is 1.31. The van der Waals surface area contributed by atoms with Gasteiger partial charge in [0.1, 0.15) is 14.1 Å². The standard InChI is InChI=1S/C14H18N2Si/c1-17(2,3)16-14-11-7-10-13(15-14)12-8-5-4-6-9-12/h4-11H,1-3H3,(H,15,16). The summed E-state index contributed by atoms with van der Waals surface area (Å²) in [7, 11) is -1.33. The van der Waals surface area contributed by atoms with E-state index in [2.05, 4.69) is 47.8 Å². The fourth-order valence-corrected chi connectivity index (χ4v) is 2.57. The molecule has 0 aliphatic carbocycles. The van der Waals surface area contributed by atoms with Gasteiger partial charge in [-0.2, -0.15) is 0 Å². The van der Waals surface area contributed by atoms with Gasteiger partial charge in [0.25, 0.3) is 0 Å². The molecule has 2 aromatic rings. The molecule has 2 rings (SSSR count). The lowest BCUT2D eigenvalue weighted by Gasteiger charge is -2.19. The van der Waals surface area contributed by atoms with Crippen LogP contribution in [-0.2, 0) is 0 Å². The molecule has 0 radical (unpaired) electrons. The third-order valence-corrected chi connectivity index (χ3v) is 3.33. The zero-order chi connectivity index (χ0) is 12.3. The number of pyridine rings is 1.